The Morgan fingerprint density at radius 1 is 1.17 bits per heavy atom. The van der Waals surface area contributed by atoms with E-state index in [-0.39, 0.29) is 24.6 Å². The van der Waals surface area contributed by atoms with Crippen LogP contribution in [0.5, 0.6) is 0 Å². The molecule has 2 amide bonds. The molecule has 2 aliphatic heterocycles. The molecule has 3 aliphatic rings. The summed E-state index contributed by atoms with van der Waals surface area (Å²) in [5.41, 5.74) is 11.3. The molecule has 2 atom stereocenters. The maximum atomic E-state index is 12.4. The van der Waals surface area contributed by atoms with E-state index >= 15 is 0 Å². The van der Waals surface area contributed by atoms with Gasteiger partial charge in [0.2, 0.25) is 5.91 Å². The third-order valence-corrected chi connectivity index (χ3v) is 8.78. The number of amides is 2. The van der Waals surface area contributed by atoms with Crippen LogP contribution < -0.4 is 16.8 Å². The number of nitrogens with two attached hydrogens (primary N) is 2. The first-order valence-corrected chi connectivity index (χ1v) is 13.9. The average Bonchev–Trinajstić information content (AvgIpc) is 3.38. The molecule has 1 saturated carbocycles. The maximum absolute atomic E-state index is 12.4. The van der Waals surface area contributed by atoms with Gasteiger partial charge in [-0.25, -0.2) is 4.79 Å². The summed E-state index contributed by atoms with van der Waals surface area (Å²) in [5.74, 6) is -0.638. The summed E-state index contributed by atoms with van der Waals surface area (Å²) in [6, 6.07) is 2.92. The quantitative estimate of drug-likeness (QED) is 0.282. The van der Waals surface area contributed by atoms with Gasteiger partial charge in [-0.05, 0) is 62.1 Å². The van der Waals surface area contributed by atoms with Gasteiger partial charge in [-0.1, -0.05) is 6.07 Å². The van der Waals surface area contributed by atoms with E-state index in [1.165, 1.54) is 55.7 Å². The Morgan fingerprint density at radius 2 is 1.81 bits per heavy atom. The zero-order valence-electron chi connectivity index (χ0n) is 20.3. The van der Waals surface area contributed by atoms with Gasteiger partial charge in [0.25, 0.3) is 5.91 Å². The molecule has 1 saturated heterocycles. The predicted molar refractivity (Wildman–Crippen MR) is 138 cm³/mol. The molecule has 0 spiro atoms. The molecule has 0 aromatic carbocycles. The maximum Gasteiger partial charge on any atom is 0.352 e. The summed E-state index contributed by atoms with van der Waals surface area (Å²) in [6.45, 7) is 2.80. The molecule has 0 radical (unpaired) electrons. The Balaban J connectivity index is 0.000000303. The number of thiophene rings is 1. The van der Waals surface area contributed by atoms with Gasteiger partial charge in [0.1, 0.15) is 23.7 Å². The fourth-order valence-corrected chi connectivity index (χ4v) is 6.51. The number of nitrogens with zero attached hydrogens (tertiary/aromatic N) is 1. The third-order valence-electron chi connectivity index (χ3n) is 6.56. The van der Waals surface area contributed by atoms with Crippen LogP contribution in [0.25, 0.3) is 0 Å². The van der Waals surface area contributed by atoms with Gasteiger partial charge in [0, 0.05) is 23.1 Å². The zero-order chi connectivity index (χ0) is 26.2. The van der Waals surface area contributed by atoms with Crippen molar-refractivity contribution in [2.75, 3.05) is 25.4 Å². The second-order valence-corrected chi connectivity index (χ2v) is 11.2. The van der Waals surface area contributed by atoms with Gasteiger partial charge in [-0.2, -0.15) is 0 Å². The van der Waals surface area contributed by atoms with Crippen molar-refractivity contribution in [2.45, 2.75) is 50.4 Å². The molecular weight excluding hydrogens is 504 g/mol. The number of carboxylic acid groups (broad SMARTS) is 1. The average molecular weight is 539 g/mol. The number of carbonyl (C=O) groups is 4. The van der Waals surface area contributed by atoms with E-state index in [0.29, 0.717) is 11.3 Å². The van der Waals surface area contributed by atoms with Crippen LogP contribution in [0, 0.1) is 11.8 Å². The molecule has 6 N–H and O–H groups in total. The highest BCUT2D eigenvalue weighted by atomic mass is 32.2. The number of ether oxygens (including phenoxy) is 1. The minimum absolute atomic E-state index is 0.163. The SMILES string of the molecule is CC(=O)OCC1=C(C(=O)O)N2C(=O)[C@@H](NC(=O)Cc3cccs3)[C@H]2SC1.NCC1CCC(CN)CC1. The van der Waals surface area contributed by atoms with E-state index in [1.54, 1.807) is 0 Å². The van der Waals surface area contributed by atoms with E-state index in [1.807, 2.05) is 17.5 Å². The molecule has 12 heteroatoms. The molecule has 0 bridgehead atoms. The molecular formula is C24H34N4O6S2. The predicted octanol–water partition coefficient (Wildman–Crippen LogP) is 1.30. The molecule has 1 aromatic heterocycles. The van der Waals surface area contributed by atoms with Crippen molar-refractivity contribution in [3.63, 3.8) is 0 Å². The number of rotatable bonds is 8. The highest BCUT2D eigenvalue weighted by Gasteiger charge is 2.54. The topological polar surface area (TPSA) is 165 Å². The molecule has 36 heavy (non-hydrogen) atoms. The number of fused-ring (bicyclic) bond motifs is 1. The van der Waals surface area contributed by atoms with Crippen molar-refractivity contribution in [1.29, 1.82) is 0 Å². The lowest BCUT2D eigenvalue weighted by Gasteiger charge is -2.49. The van der Waals surface area contributed by atoms with Crippen LogP contribution in [0.2, 0.25) is 0 Å². The highest BCUT2D eigenvalue weighted by Crippen LogP contribution is 2.40. The lowest BCUT2D eigenvalue weighted by molar-refractivity contribution is -0.151. The van der Waals surface area contributed by atoms with Crippen LogP contribution in [0.4, 0.5) is 0 Å². The largest absolute Gasteiger partial charge is 0.477 e. The van der Waals surface area contributed by atoms with Gasteiger partial charge >= 0.3 is 11.9 Å². The Bertz CT molecular complexity index is 963. The number of β-lactam (4-membered cyclic amide) rings is 1. The van der Waals surface area contributed by atoms with Crippen LogP contribution >= 0.6 is 23.1 Å². The van der Waals surface area contributed by atoms with Gasteiger partial charge in [0.15, 0.2) is 0 Å². The number of thioether (sulfide) groups is 1. The van der Waals surface area contributed by atoms with Crippen molar-refractivity contribution >= 4 is 46.9 Å². The van der Waals surface area contributed by atoms with Gasteiger partial charge in [-0.3, -0.25) is 19.3 Å². The summed E-state index contributed by atoms with van der Waals surface area (Å²) in [4.78, 5) is 49.2. The molecule has 1 aromatic rings. The minimum Gasteiger partial charge on any atom is -0.477 e. The van der Waals surface area contributed by atoms with Crippen molar-refractivity contribution in [3.8, 4) is 0 Å². The zero-order valence-corrected chi connectivity index (χ0v) is 21.9. The van der Waals surface area contributed by atoms with Gasteiger partial charge in [0.05, 0.1) is 6.42 Å². The lowest BCUT2D eigenvalue weighted by Crippen LogP contribution is -2.70. The Kier molecular flexibility index (Phi) is 10.3. The van der Waals surface area contributed by atoms with Crippen molar-refractivity contribution in [1.82, 2.24) is 10.2 Å². The van der Waals surface area contributed by atoms with Crippen LogP contribution in [-0.4, -0.2) is 70.6 Å². The van der Waals surface area contributed by atoms with Crippen molar-refractivity contribution in [3.05, 3.63) is 33.7 Å². The van der Waals surface area contributed by atoms with Crippen LogP contribution in [0.3, 0.4) is 0 Å². The van der Waals surface area contributed by atoms with Gasteiger partial charge < -0.3 is 26.6 Å². The summed E-state index contributed by atoms with van der Waals surface area (Å²) in [5, 5.41) is 13.5. The van der Waals surface area contributed by atoms with E-state index in [4.69, 9.17) is 16.2 Å². The first kappa shape index (κ1) is 28.2. The number of aliphatic carboxylic acids is 1. The molecule has 2 fully saturated rings. The minimum atomic E-state index is -1.26. The number of carboxylic acids is 1. The van der Waals surface area contributed by atoms with E-state index in [9.17, 15) is 24.3 Å². The highest BCUT2D eigenvalue weighted by molar-refractivity contribution is 8.00. The van der Waals surface area contributed by atoms with Crippen LogP contribution in [-0.2, 0) is 30.3 Å². The van der Waals surface area contributed by atoms with Crippen LogP contribution in [0.15, 0.2) is 28.8 Å². The van der Waals surface area contributed by atoms with Crippen molar-refractivity contribution in [2.24, 2.45) is 23.3 Å². The number of nitrogens with one attached hydrogen (secondary N) is 1. The van der Waals surface area contributed by atoms with Gasteiger partial charge in [-0.15, -0.1) is 23.1 Å². The van der Waals surface area contributed by atoms with E-state index in [2.05, 4.69) is 5.32 Å². The monoisotopic (exact) mass is 538 g/mol. The summed E-state index contributed by atoms with van der Waals surface area (Å²) in [7, 11) is 0. The second kappa shape index (κ2) is 13.2. The standard InChI is InChI=1S/C16H16N2O6S2.C8H18N2/c1-8(19)24-6-9-7-26-15-12(14(21)18(15)13(9)16(22)23)17-11(20)5-10-3-2-4-25-10;9-5-7-1-2-8(6-10)4-3-7/h2-4,12,15H,5-7H2,1H3,(H,17,20)(H,22,23);7-8H,1-6,9-10H2/t12-,15-;/m1./s1. The second-order valence-electron chi connectivity index (χ2n) is 9.11. The molecule has 3 heterocycles. The first-order chi connectivity index (χ1) is 17.2. The third kappa shape index (κ3) is 7.09. The molecule has 10 nitrogen and oxygen atoms in total. The fourth-order valence-electron chi connectivity index (χ4n) is 4.48. The number of carbonyl (C=O) groups excluding carboxylic acids is 3. The van der Waals surface area contributed by atoms with E-state index < -0.39 is 29.3 Å². The number of esters is 1. The Labute approximate surface area is 218 Å². The first-order valence-electron chi connectivity index (χ1n) is 12.0. The van der Waals surface area contributed by atoms with Crippen LogP contribution in [0.1, 0.15) is 37.5 Å². The fraction of sp³-hybridized carbons (Fsp3) is 0.583. The summed E-state index contributed by atoms with van der Waals surface area (Å²) >= 11 is 2.79. The lowest BCUT2D eigenvalue weighted by atomic mass is 9.82. The molecule has 198 valence electrons. The number of hydrogen-bond donors (Lipinski definition) is 4. The molecule has 1 aliphatic carbocycles. The normalized spacial score (nSPS) is 25.2. The smallest absolute Gasteiger partial charge is 0.352 e. The molecule has 0 unspecified atom stereocenters. The number of hydrogen-bond acceptors (Lipinski definition) is 9. The summed E-state index contributed by atoms with van der Waals surface area (Å²) in [6.07, 6.45) is 5.39. The summed E-state index contributed by atoms with van der Waals surface area (Å²) < 4.78 is 4.87. The Hall–Kier alpha value is -2.41. The van der Waals surface area contributed by atoms with Crippen molar-refractivity contribution < 1.29 is 29.0 Å². The van der Waals surface area contributed by atoms with E-state index in [0.717, 1.165) is 34.7 Å². The molecule has 4 rings (SSSR count). The Morgan fingerprint density at radius 3 is 2.31 bits per heavy atom.